The van der Waals surface area contributed by atoms with Gasteiger partial charge in [-0.3, -0.25) is 0 Å². The third kappa shape index (κ3) is 5.46. The topological polar surface area (TPSA) is 93.1 Å². The van der Waals surface area contributed by atoms with E-state index in [1.807, 2.05) is 0 Å². The van der Waals surface area contributed by atoms with Crippen molar-refractivity contribution >= 4 is 11.9 Å². The number of carbonyl (C=O) groups excluding carboxylic acids is 2. The van der Waals surface area contributed by atoms with Crippen molar-refractivity contribution in [3.63, 3.8) is 0 Å². The maximum atomic E-state index is 11.3. The second-order valence-corrected chi connectivity index (χ2v) is 5.10. The molecule has 1 aliphatic heterocycles. The van der Waals surface area contributed by atoms with Crippen molar-refractivity contribution in [2.45, 2.75) is 76.8 Å². The van der Waals surface area contributed by atoms with Gasteiger partial charge in [-0.1, -0.05) is 45.4 Å². The van der Waals surface area contributed by atoms with Gasteiger partial charge in [-0.15, -0.1) is 0 Å². The van der Waals surface area contributed by atoms with Gasteiger partial charge in [-0.25, -0.2) is 9.59 Å². The van der Waals surface area contributed by atoms with Crippen LogP contribution < -0.4 is 0 Å². The fourth-order valence-corrected chi connectivity index (χ4v) is 2.07. The number of esters is 2. The zero-order valence-electron chi connectivity index (χ0n) is 11.9. The predicted octanol–water partition coefficient (Wildman–Crippen LogP) is 1.27. The number of aliphatic hydroxyl groups excluding tert-OH is 2. The van der Waals surface area contributed by atoms with Crippen molar-refractivity contribution in [2.24, 2.45) is 0 Å². The van der Waals surface area contributed by atoms with E-state index in [0.717, 1.165) is 19.3 Å². The molecule has 6 heteroatoms. The van der Waals surface area contributed by atoms with Crippen LogP contribution in [0.4, 0.5) is 0 Å². The van der Waals surface area contributed by atoms with Gasteiger partial charge in [0, 0.05) is 6.42 Å². The molecule has 0 bridgehead atoms. The molecule has 0 radical (unpaired) electrons. The van der Waals surface area contributed by atoms with Crippen molar-refractivity contribution in [1.82, 2.24) is 0 Å². The van der Waals surface area contributed by atoms with E-state index >= 15 is 0 Å². The molecule has 1 heterocycles. The SMILES string of the molecule is CCCCCCCCCC1OC(=O)C(O)C(O)C(=O)O1. The third-order valence-corrected chi connectivity index (χ3v) is 3.32. The molecule has 0 aromatic rings. The lowest BCUT2D eigenvalue weighted by Gasteiger charge is -2.14. The molecule has 0 saturated carbocycles. The summed E-state index contributed by atoms with van der Waals surface area (Å²) < 4.78 is 9.64. The first-order valence-electron chi connectivity index (χ1n) is 7.33. The first kappa shape index (κ1) is 16.9. The number of cyclic esters (lactones) is 2. The number of unbranched alkanes of at least 4 members (excludes halogenated alkanes) is 6. The minimum Gasteiger partial charge on any atom is -0.423 e. The van der Waals surface area contributed by atoms with E-state index in [1.54, 1.807) is 0 Å². The highest BCUT2D eigenvalue weighted by molar-refractivity contribution is 5.86. The summed E-state index contributed by atoms with van der Waals surface area (Å²) in [5, 5.41) is 18.6. The second kappa shape index (κ2) is 8.92. The quantitative estimate of drug-likeness (QED) is 0.516. The molecule has 1 fully saturated rings. The van der Waals surface area contributed by atoms with Crippen LogP contribution in [0.3, 0.4) is 0 Å². The van der Waals surface area contributed by atoms with Gasteiger partial charge in [0.05, 0.1) is 0 Å². The lowest BCUT2D eigenvalue weighted by atomic mass is 10.1. The van der Waals surface area contributed by atoms with Crippen LogP contribution in [-0.4, -0.2) is 40.6 Å². The molecule has 1 rings (SSSR count). The summed E-state index contributed by atoms with van der Waals surface area (Å²) in [6.45, 7) is 2.16. The van der Waals surface area contributed by atoms with Crippen molar-refractivity contribution < 1.29 is 29.3 Å². The largest absolute Gasteiger partial charge is 0.423 e. The summed E-state index contributed by atoms with van der Waals surface area (Å²) in [7, 11) is 0. The summed E-state index contributed by atoms with van der Waals surface area (Å²) >= 11 is 0. The Morgan fingerprint density at radius 2 is 1.30 bits per heavy atom. The number of aliphatic hydroxyl groups is 2. The Hall–Kier alpha value is -1.14. The van der Waals surface area contributed by atoms with Crippen molar-refractivity contribution in [2.75, 3.05) is 0 Å². The lowest BCUT2D eigenvalue weighted by molar-refractivity contribution is -0.184. The highest BCUT2D eigenvalue weighted by atomic mass is 16.7. The Balaban J connectivity index is 2.23. The minimum atomic E-state index is -1.86. The van der Waals surface area contributed by atoms with Gasteiger partial charge < -0.3 is 19.7 Å². The average molecular weight is 288 g/mol. The van der Waals surface area contributed by atoms with Crippen LogP contribution >= 0.6 is 0 Å². The first-order chi connectivity index (χ1) is 9.56. The predicted molar refractivity (Wildman–Crippen MR) is 70.6 cm³/mol. The van der Waals surface area contributed by atoms with E-state index in [1.165, 1.54) is 25.7 Å². The molecular formula is C14H24O6. The molecule has 2 unspecified atom stereocenters. The van der Waals surface area contributed by atoms with E-state index in [0.29, 0.717) is 6.42 Å². The van der Waals surface area contributed by atoms with Crippen LogP contribution in [0, 0.1) is 0 Å². The molecule has 0 aromatic carbocycles. The highest BCUT2D eigenvalue weighted by Crippen LogP contribution is 2.16. The van der Waals surface area contributed by atoms with Crippen molar-refractivity contribution in [3.05, 3.63) is 0 Å². The molecule has 0 aromatic heterocycles. The summed E-state index contributed by atoms with van der Waals surface area (Å²) in [4.78, 5) is 22.6. The van der Waals surface area contributed by atoms with Gasteiger partial charge in [0.25, 0.3) is 0 Å². The molecule has 0 aliphatic carbocycles. The van der Waals surface area contributed by atoms with Gasteiger partial charge in [0.2, 0.25) is 6.29 Å². The van der Waals surface area contributed by atoms with Crippen molar-refractivity contribution in [1.29, 1.82) is 0 Å². The smallest absolute Gasteiger partial charge is 0.341 e. The highest BCUT2D eigenvalue weighted by Gasteiger charge is 2.39. The third-order valence-electron chi connectivity index (χ3n) is 3.32. The van der Waals surface area contributed by atoms with Crippen LogP contribution in [-0.2, 0) is 19.1 Å². The van der Waals surface area contributed by atoms with Gasteiger partial charge in [0.15, 0.2) is 12.2 Å². The average Bonchev–Trinajstić information content (AvgIpc) is 2.51. The number of rotatable bonds is 8. The van der Waals surface area contributed by atoms with Crippen LogP contribution in [0.25, 0.3) is 0 Å². The standard InChI is InChI=1S/C14H24O6/c1-2-3-4-5-6-7-8-9-10-19-13(17)11(15)12(16)14(18)20-10/h10-12,15-16H,2-9H2,1H3. The number of hydrogen-bond acceptors (Lipinski definition) is 6. The first-order valence-corrected chi connectivity index (χ1v) is 7.33. The summed E-state index contributed by atoms with van der Waals surface area (Å²) in [6, 6.07) is 0. The molecule has 1 aliphatic rings. The van der Waals surface area contributed by atoms with Crippen molar-refractivity contribution in [3.8, 4) is 0 Å². The minimum absolute atomic E-state index is 0.394. The van der Waals surface area contributed by atoms with Crippen LogP contribution in [0.1, 0.15) is 58.3 Å². The van der Waals surface area contributed by atoms with Crippen LogP contribution in [0.15, 0.2) is 0 Å². The number of hydrogen-bond donors (Lipinski definition) is 2. The Labute approximate surface area is 119 Å². The van der Waals surface area contributed by atoms with Gasteiger partial charge in [-0.2, -0.15) is 0 Å². The van der Waals surface area contributed by atoms with E-state index < -0.39 is 30.4 Å². The molecule has 2 N–H and O–H groups in total. The van der Waals surface area contributed by atoms with E-state index in [4.69, 9.17) is 9.47 Å². The summed E-state index contributed by atoms with van der Waals surface area (Å²) in [5.74, 6) is -2.03. The maximum absolute atomic E-state index is 11.3. The number of ether oxygens (including phenoxy) is 2. The Morgan fingerprint density at radius 3 is 1.80 bits per heavy atom. The van der Waals surface area contributed by atoms with Gasteiger partial charge >= 0.3 is 11.9 Å². The molecule has 6 nitrogen and oxygen atoms in total. The fourth-order valence-electron chi connectivity index (χ4n) is 2.07. The molecule has 0 spiro atoms. The Morgan fingerprint density at radius 1 is 0.850 bits per heavy atom. The second-order valence-electron chi connectivity index (χ2n) is 5.10. The lowest BCUT2D eigenvalue weighted by Crippen LogP contribution is -2.38. The van der Waals surface area contributed by atoms with E-state index in [9.17, 15) is 19.8 Å². The summed E-state index contributed by atoms with van der Waals surface area (Å²) in [6.07, 6.45) is 3.36. The maximum Gasteiger partial charge on any atom is 0.341 e. The summed E-state index contributed by atoms with van der Waals surface area (Å²) in [5.41, 5.74) is 0. The molecule has 0 amide bonds. The molecule has 2 atom stereocenters. The molecular weight excluding hydrogens is 264 g/mol. The van der Waals surface area contributed by atoms with Crippen LogP contribution in [0.5, 0.6) is 0 Å². The Bertz CT molecular complexity index is 295. The number of carbonyl (C=O) groups is 2. The van der Waals surface area contributed by atoms with Crippen LogP contribution in [0.2, 0.25) is 0 Å². The van der Waals surface area contributed by atoms with E-state index in [2.05, 4.69) is 6.92 Å². The normalized spacial score (nSPS) is 26.9. The van der Waals surface area contributed by atoms with E-state index in [-0.39, 0.29) is 0 Å². The monoisotopic (exact) mass is 288 g/mol. The zero-order chi connectivity index (χ0) is 15.0. The van der Waals surface area contributed by atoms with Gasteiger partial charge in [0.1, 0.15) is 0 Å². The Kier molecular flexibility index (Phi) is 7.54. The van der Waals surface area contributed by atoms with Gasteiger partial charge in [-0.05, 0) is 6.42 Å². The molecule has 20 heavy (non-hydrogen) atoms. The molecule has 1 saturated heterocycles. The fraction of sp³-hybridized carbons (Fsp3) is 0.857. The zero-order valence-corrected chi connectivity index (χ0v) is 11.9. The molecule has 116 valence electrons.